The van der Waals surface area contributed by atoms with Crippen molar-refractivity contribution in [2.45, 2.75) is 44.7 Å². The van der Waals surface area contributed by atoms with Gasteiger partial charge < -0.3 is 20.5 Å². The van der Waals surface area contributed by atoms with Crippen molar-refractivity contribution in [3.05, 3.63) is 59.7 Å². The van der Waals surface area contributed by atoms with Crippen LogP contribution in [0.3, 0.4) is 0 Å². The number of carboxylic acids is 1. The summed E-state index contributed by atoms with van der Waals surface area (Å²) >= 11 is 0. The molecular weight excluding hydrogens is 408 g/mol. The van der Waals surface area contributed by atoms with E-state index < -0.39 is 30.1 Å². The van der Waals surface area contributed by atoms with E-state index in [-0.39, 0.29) is 25.4 Å². The largest absolute Gasteiger partial charge is 0.480 e. The summed E-state index contributed by atoms with van der Waals surface area (Å²) in [4.78, 5) is 35.7. The van der Waals surface area contributed by atoms with Gasteiger partial charge in [-0.15, -0.1) is 11.8 Å². The summed E-state index contributed by atoms with van der Waals surface area (Å²) in [6.45, 7) is 3.43. The Kier molecular flexibility index (Phi) is 7.50. The lowest BCUT2D eigenvalue weighted by atomic mass is 9.98. The molecular formula is C25H26N2O5. The van der Waals surface area contributed by atoms with Gasteiger partial charge in [-0.05, 0) is 36.1 Å². The van der Waals surface area contributed by atoms with E-state index in [2.05, 4.69) is 34.6 Å². The predicted molar refractivity (Wildman–Crippen MR) is 120 cm³/mol. The standard InChI is InChI=1S/C25H26N2O5/c1-3-4-13-22(24(29)30)27-23(28)14-16(2)26-25(31)32-15-21-19-11-7-5-9-17(19)18-10-6-8-12-20(18)21/h5-12,16,21-22H,13-15H2,1-2H3,(H,26,31)(H,27,28)(H,29,30)/t16-,22?/m1/s1. The van der Waals surface area contributed by atoms with E-state index in [1.165, 1.54) is 0 Å². The van der Waals surface area contributed by atoms with Gasteiger partial charge in [0.2, 0.25) is 5.91 Å². The maximum Gasteiger partial charge on any atom is 0.407 e. The molecule has 0 radical (unpaired) electrons. The molecule has 0 saturated heterocycles. The number of aliphatic carboxylic acids is 1. The van der Waals surface area contributed by atoms with Crippen LogP contribution in [-0.2, 0) is 14.3 Å². The zero-order valence-electron chi connectivity index (χ0n) is 18.1. The summed E-state index contributed by atoms with van der Waals surface area (Å²) in [6, 6.07) is 14.5. The number of carbonyl (C=O) groups excluding carboxylic acids is 2. The van der Waals surface area contributed by atoms with Crippen molar-refractivity contribution in [1.29, 1.82) is 0 Å². The van der Waals surface area contributed by atoms with Crippen molar-refractivity contribution in [3.63, 3.8) is 0 Å². The SMILES string of the molecule is CC#CCC(NC(=O)C[C@@H](C)NC(=O)OCC1c2ccccc2-c2ccccc21)C(=O)O. The Balaban J connectivity index is 1.52. The summed E-state index contributed by atoms with van der Waals surface area (Å²) in [7, 11) is 0. The van der Waals surface area contributed by atoms with Gasteiger partial charge in [-0.3, -0.25) is 4.79 Å². The van der Waals surface area contributed by atoms with Gasteiger partial charge in [0, 0.05) is 24.8 Å². The van der Waals surface area contributed by atoms with Gasteiger partial charge in [-0.2, -0.15) is 0 Å². The van der Waals surface area contributed by atoms with Crippen LogP contribution in [0.1, 0.15) is 43.7 Å². The van der Waals surface area contributed by atoms with E-state index >= 15 is 0 Å². The van der Waals surface area contributed by atoms with Crippen molar-refractivity contribution in [2.75, 3.05) is 6.61 Å². The number of rotatable bonds is 8. The highest BCUT2D eigenvalue weighted by atomic mass is 16.5. The fourth-order valence-electron chi connectivity index (χ4n) is 3.83. The summed E-state index contributed by atoms with van der Waals surface area (Å²) < 4.78 is 5.47. The number of benzene rings is 2. The molecule has 0 saturated carbocycles. The molecule has 0 spiro atoms. The number of fused-ring (bicyclic) bond motifs is 3. The third kappa shape index (κ3) is 5.46. The minimum atomic E-state index is -1.15. The van der Waals surface area contributed by atoms with Crippen LogP contribution in [0.25, 0.3) is 11.1 Å². The Bertz CT molecular complexity index is 1020. The van der Waals surface area contributed by atoms with Gasteiger partial charge in [0.05, 0.1) is 0 Å². The number of hydrogen-bond acceptors (Lipinski definition) is 4. The second-order valence-electron chi connectivity index (χ2n) is 7.66. The monoisotopic (exact) mass is 434 g/mol. The van der Waals surface area contributed by atoms with Crippen LogP contribution in [-0.4, -0.2) is 41.8 Å². The molecule has 3 rings (SSSR count). The first-order valence-corrected chi connectivity index (χ1v) is 10.4. The van der Waals surface area contributed by atoms with E-state index in [1.54, 1.807) is 13.8 Å². The van der Waals surface area contributed by atoms with Crippen molar-refractivity contribution >= 4 is 18.0 Å². The summed E-state index contributed by atoms with van der Waals surface area (Å²) in [5, 5.41) is 14.2. The molecule has 7 nitrogen and oxygen atoms in total. The maximum absolute atomic E-state index is 12.3. The van der Waals surface area contributed by atoms with E-state index in [0.717, 1.165) is 22.3 Å². The number of amides is 2. The van der Waals surface area contributed by atoms with Crippen LogP contribution in [0.4, 0.5) is 4.79 Å². The van der Waals surface area contributed by atoms with Gasteiger partial charge >= 0.3 is 12.1 Å². The smallest absolute Gasteiger partial charge is 0.407 e. The molecule has 2 atom stereocenters. The average molecular weight is 434 g/mol. The molecule has 166 valence electrons. The molecule has 2 aromatic carbocycles. The molecule has 0 aliphatic heterocycles. The Morgan fingerprint density at radius 2 is 1.62 bits per heavy atom. The third-order valence-electron chi connectivity index (χ3n) is 5.32. The molecule has 3 N–H and O–H groups in total. The molecule has 0 aromatic heterocycles. The highest BCUT2D eigenvalue weighted by molar-refractivity contribution is 5.84. The average Bonchev–Trinajstić information content (AvgIpc) is 3.08. The van der Waals surface area contributed by atoms with E-state index in [1.807, 2.05) is 36.4 Å². The quantitative estimate of drug-likeness (QED) is 0.553. The van der Waals surface area contributed by atoms with Crippen LogP contribution < -0.4 is 10.6 Å². The minimum Gasteiger partial charge on any atom is -0.480 e. The highest BCUT2D eigenvalue weighted by Gasteiger charge is 2.29. The van der Waals surface area contributed by atoms with Crippen LogP contribution >= 0.6 is 0 Å². The molecule has 32 heavy (non-hydrogen) atoms. The van der Waals surface area contributed by atoms with Gasteiger partial charge in [0.15, 0.2) is 0 Å². The van der Waals surface area contributed by atoms with E-state index in [4.69, 9.17) is 9.84 Å². The minimum absolute atomic E-state index is 0.0196. The number of alkyl carbamates (subject to hydrolysis) is 1. The summed E-state index contributed by atoms with van der Waals surface area (Å²) in [6.07, 6.45) is -0.682. The molecule has 1 unspecified atom stereocenters. The normalized spacial score (nSPS) is 13.6. The van der Waals surface area contributed by atoms with E-state index in [9.17, 15) is 14.4 Å². The Morgan fingerprint density at radius 1 is 1.03 bits per heavy atom. The predicted octanol–water partition coefficient (Wildman–Crippen LogP) is 3.29. The zero-order chi connectivity index (χ0) is 23.1. The van der Waals surface area contributed by atoms with Gasteiger partial charge in [0.1, 0.15) is 12.6 Å². The lowest BCUT2D eigenvalue weighted by molar-refractivity contribution is -0.141. The Morgan fingerprint density at radius 3 is 2.19 bits per heavy atom. The van der Waals surface area contributed by atoms with Crippen LogP contribution in [0.2, 0.25) is 0 Å². The zero-order valence-corrected chi connectivity index (χ0v) is 18.1. The first kappa shape index (κ1) is 22.9. The lowest BCUT2D eigenvalue weighted by Crippen LogP contribution is -2.44. The number of carboxylic acid groups (broad SMARTS) is 1. The second kappa shape index (κ2) is 10.5. The Labute approximate surface area is 187 Å². The first-order valence-electron chi connectivity index (χ1n) is 10.4. The number of nitrogens with one attached hydrogen (secondary N) is 2. The van der Waals surface area contributed by atoms with Crippen LogP contribution in [0.15, 0.2) is 48.5 Å². The Hall–Kier alpha value is -3.79. The molecule has 1 aliphatic rings. The summed E-state index contributed by atoms with van der Waals surface area (Å²) in [5.41, 5.74) is 4.51. The topological polar surface area (TPSA) is 105 Å². The fourth-order valence-corrected chi connectivity index (χ4v) is 3.83. The third-order valence-corrected chi connectivity index (χ3v) is 5.32. The van der Waals surface area contributed by atoms with Gasteiger partial charge in [0.25, 0.3) is 0 Å². The molecule has 0 heterocycles. The van der Waals surface area contributed by atoms with Crippen LogP contribution in [0.5, 0.6) is 0 Å². The molecule has 2 amide bonds. The fraction of sp³-hybridized carbons (Fsp3) is 0.320. The maximum atomic E-state index is 12.3. The number of carbonyl (C=O) groups is 3. The molecule has 7 heteroatoms. The first-order chi connectivity index (χ1) is 15.4. The van der Waals surface area contributed by atoms with E-state index in [0.29, 0.717) is 0 Å². The highest BCUT2D eigenvalue weighted by Crippen LogP contribution is 2.44. The molecule has 0 fully saturated rings. The van der Waals surface area contributed by atoms with Crippen molar-refractivity contribution < 1.29 is 24.2 Å². The van der Waals surface area contributed by atoms with Gasteiger partial charge in [-0.25, -0.2) is 9.59 Å². The van der Waals surface area contributed by atoms with Crippen molar-refractivity contribution in [1.82, 2.24) is 10.6 Å². The number of ether oxygens (including phenoxy) is 1. The molecule has 1 aliphatic carbocycles. The molecule has 2 aromatic rings. The lowest BCUT2D eigenvalue weighted by Gasteiger charge is -2.18. The van der Waals surface area contributed by atoms with Crippen molar-refractivity contribution in [3.8, 4) is 23.0 Å². The van der Waals surface area contributed by atoms with Crippen molar-refractivity contribution in [2.24, 2.45) is 0 Å². The van der Waals surface area contributed by atoms with Crippen LogP contribution in [0, 0.1) is 11.8 Å². The van der Waals surface area contributed by atoms with Gasteiger partial charge in [-0.1, -0.05) is 48.5 Å². The molecule has 0 bridgehead atoms. The summed E-state index contributed by atoms with van der Waals surface area (Å²) in [5.74, 6) is 3.56. The second-order valence-corrected chi connectivity index (χ2v) is 7.66. The number of hydrogen-bond donors (Lipinski definition) is 3.